The predicted octanol–water partition coefficient (Wildman–Crippen LogP) is 2.59. The van der Waals surface area contributed by atoms with E-state index in [-0.39, 0.29) is 24.3 Å². The topological polar surface area (TPSA) is 69.7 Å². The Balaban J connectivity index is 1.43. The number of para-hydroxylation sites is 1. The minimum Gasteiger partial charge on any atom is -0.375 e. The summed E-state index contributed by atoms with van der Waals surface area (Å²) in [5.41, 5.74) is 2.56. The van der Waals surface area contributed by atoms with E-state index in [0.717, 1.165) is 24.2 Å². The Morgan fingerprint density at radius 1 is 1.00 bits per heavy atom. The zero-order valence-electron chi connectivity index (χ0n) is 16.1. The van der Waals surface area contributed by atoms with E-state index in [1.165, 1.54) is 4.90 Å². The van der Waals surface area contributed by atoms with Gasteiger partial charge in [-0.15, -0.1) is 0 Å². The second kappa shape index (κ2) is 9.17. The molecule has 0 radical (unpaired) electrons. The second-order valence-electron chi connectivity index (χ2n) is 6.94. The van der Waals surface area contributed by atoms with Gasteiger partial charge in [0.1, 0.15) is 0 Å². The van der Waals surface area contributed by atoms with Crippen molar-refractivity contribution < 1.29 is 14.4 Å². The van der Waals surface area contributed by atoms with Crippen molar-refractivity contribution in [2.75, 3.05) is 25.0 Å². The normalized spacial score (nSPS) is 13.7. The molecule has 1 aliphatic rings. The van der Waals surface area contributed by atoms with E-state index in [1.807, 2.05) is 25.2 Å². The van der Waals surface area contributed by atoms with E-state index in [9.17, 15) is 14.4 Å². The molecule has 0 atom stereocenters. The summed E-state index contributed by atoms with van der Waals surface area (Å²) in [5.74, 6) is -0.387. The fraction of sp³-hybridized carbons (Fsp3) is 0.318. The molecule has 2 aromatic rings. The third-order valence-electron chi connectivity index (χ3n) is 4.86. The smallest absolute Gasteiger partial charge is 0.251 e. The molecule has 0 aliphatic carbocycles. The first kappa shape index (κ1) is 19.6. The van der Waals surface area contributed by atoms with Crippen molar-refractivity contribution in [2.45, 2.75) is 25.8 Å². The second-order valence-corrected chi connectivity index (χ2v) is 6.94. The Morgan fingerprint density at radius 3 is 2.29 bits per heavy atom. The number of rotatable bonds is 8. The van der Waals surface area contributed by atoms with E-state index in [4.69, 9.17) is 0 Å². The number of anilines is 1. The number of carbonyl (C=O) groups is 3. The molecule has 1 fully saturated rings. The lowest BCUT2D eigenvalue weighted by atomic mass is 10.1. The Bertz CT molecular complexity index is 818. The van der Waals surface area contributed by atoms with Gasteiger partial charge < -0.3 is 10.2 Å². The average Bonchev–Trinajstić information content (AvgIpc) is 3.04. The van der Waals surface area contributed by atoms with Crippen LogP contribution in [0.2, 0.25) is 0 Å². The fourth-order valence-corrected chi connectivity index (χ4v) is 3.18. The van der Waals surface area contributed by atoms with Gasteiger partial charge in [-0.1, -0.05) is 30.3 Å². The van der Waals surface area contributed by atoms with Gasteiger partial charge in [0.15, 0.2) is 0 Å². The van der Waals surface area contributed by atoms with Gasteiger partial charge >= 0.3 is 0 Å². The molecule has 6 nitrogen and oxygen atoms in total. The summed E-state index contributed by atoms with van der Waals surface area (Å²) in [6.07, 6.45) is 1.42. The Hall–Kier alpha value is -3.15. The molecule has 0 spiro atoms. The molecule has 6 heteroatoms. The van der Waals surface area contributed by atoms with Crippen molar-refractivity contribution in [3.05, 3.63) is 65.7 Å². The van der Waals surface area contributed by atoms with Crippen molar-refractivity contribution in [1.82, 2.24) is 10.2 Å². The van der Waals surface area contributed by atoms with Gasteiger partial charge in [-0.05, 0) is 36.2 Å². The number of benzene rings is 2. The van der Waals surface area contributed by atoms with Gasteiger partial charge in [0.25, 0.3) is 5.91 Å². The molecule has 28 heavy (non-hydrogen) atoms. The Labute approximate surface area is 165 Å². The highest BCUT2D eigenvalue weighted by molar-refractivity contribution is 6.01. The zero-order valence-corrected chi connectivity index (χ0v) is 16.1. The summed E-state index contributed by atoms with van der Waals surface area (Å²) in [7, 11) is 2.03. The van der Waals surface area contributed by atoms with Crippen LogP contribution in [-0.4, -0.2) is 42.8 Å². The van der Waals surface area contributed by atoms with Crippen molar-refractivity contribution in [3.8, 4) is 0 Å². The van der Waals surface area contributed by atoms with Crippen LogP contribution in [0.5, 0.6) is 0 Å². The summed E-state index contributed by atoms with van der Waals surface area (Å²) in [6, 6.07) is 17.2. The third kappa shape index (κ3) is 4.97. The van der Waals surface area contributed by atoms with Crippen LogP contribution in [0.3, 0.4) is 0 Å². The van der Waals surface area contributed by atoms with Crippen LogP contribution >= 0.6 is 0 Å². The number of nitrogens with zero attached hydrogens (tertiary/aromatic N) is 2. The summed E-state index contributed by atoms with van der Waals surface area (Å²) in [4.78, 5) is 39.1. The first-order valence-electron chi connectivity index (χ1n) is 9.51. The standard InChI is InChI=1S/C22H25N3O3/c1-24(19-6-3-2-4-7-19)15-5-14-23-22(28)18-10-8-17(9-11-18)16-25-20(26)12-13-21(25)27/h2-4,6-11H,5,12-16H2,1H3,(H,23,28). The molecule has 1 N–H and O–H groups in total. The summed E-state index contributed by atoms with van der Waals surface area (Å²) in [6.45, 7) is 1.71. The van der Waals surface area contributed by atoms with Gasteiger partial charge in [0, 0.05) is 44.2 Å². The number of likely N-dealkylation sites (tertiary alicyclic amines) is 1. The van der Waals surface area contributed by atoms with Gasteiger partial charge in [-0.25, -0.2) is 0 Å². The molecule has 2 aromatic carbocycles. The highest BCUT2D eigenvalue weighted by atomic mass is 16.2. The minimum absolute atomic E-state index is 0.123. The summed E-state index contributed by atoms with van der Waals surface area (Å²) < 4.78 is 0. The molecular formula is C22H25N3O3. The van der Waals surface area contributed by atoms with Gasteiger partial charge in [-0.3, -0.25) is 19.3 Å². The number of amides is 3. The lowest BCUT2D eigenvalue weighted by Crippen LogP contribution is -2.29. The van der Waals surface area contributed by atoms with Crippen LogP contribution in [0, 0.1) is 0 Å². The van der Waals surface area contributed by atoms with Crippen LogP contribution in [0.15, 0.2) is 54.6 Å². The van der Waals surface area contributed by atoms with Crippen molar-refractivity contribution in [3.63, 3.8) is 0 Å². The Kier molecular flexibility index (Phi) is 6.42. The first-order valence-corrected chi connectivity index (χ1v) is 9.51. The molecule has 0 saturated carbocycles. The lowest BCUT2D eigenvalue weighted by molar-refractivity contribution is -0.139. The molecule has 0 aromatic heterocycles. The highest BCUT2D eigenvalue weighted by Crippen LogP contribution is 2.16. The van der Waals surface area contributed by atoms with Crippen molar-refractivity contribution in [2.24, 2.45) is 0 Å². The van der Waals surface area contributed by atoms with E-state index in [1.54, 1.807) is 24.3 Å². The van der Waals surface area contributed by atoms with Gasteiger partial charge in [0.05, 0.1) is 6.54 Å². The molecule has 3 amide bonds. The number of hydrogen-bond acceptors (Lipinski definition) is 4. The summed E-state index contributed by atoms with van der Waals surface area (Å²) >= 11 is 0. The zero-order chi connectivity index (χ0) is 19.9. The molecular weight excluding hydrogens is 354 g/mol. The van der Waals surface area contributed by atoms with E-state index in [2.05, 4.69) is 22.3 Å². The number of carbonyl (C=O) groups excluding carboxylic acids is 3. The summed E-state index contributed by atoms with van der Waals surface area (Å²) in [5, 5.41) is 2.93. The molecule has 1 heterocycles. The van der Waals surface area contributed by atoms with Gasteiger partial charge in [0.2, 0.25) is 11.8 Å². The maximum atomic E-state index is 12.3. The molecule has 0 bridgehead atoms. The fourth-order valence-electron chi connectivity index (χ4n) is 3.18. The quantitative estimate of drug-likeness (QED) is 0.565. The predicted molar refractivity (Wildman–Crippen MR) is 108 cm³/mol. The molecule has 0 unspecified atom stereocenters. The van der Waals surface area contributed by atoms with Gasteiger partial charge in [-0.2, -0.15) is 0 Å². The van der Waals surface area contributed by atoms with Crippen LogP contribution in [0.25, 0.3) is 0 Å². The maximum Gasteiger partial charge on any atom is 0.251 e. The maximum absolute atomic E-state index is 12.3. The van der Waals surface area contributed by atoms with E-state index < -0.39 is 0 Å². The van der Waals surface area contributed by atoms with Crippen LogP contribution in [0.4, 0.5) is 5.69 Å². The SMILES string of the molecule is CN(CCCNC(=O)c1ccc(CN2C(=O)CCC2=O)cc1)c1ccccc1. The molecule has 1 aliphatic heterocycles. The molecule has 3 rings (SSSR count). The number of imide groups is 1. The lowest BCUT2D eigenvalue weighted by Gasteiger charge is -2.19. The van der Waals surface area contributed by atoms with Crippen molar-refractivity contribution >= 4 is 23.4 Å². The van der Waals surface area contributed by atoms with E-state index >= 15 is 0 Å². The highest BCUT2D eigenvalue weighted by Gasteiger charge is 2.28. The largest absolute Gasteiger partial charge is 0.375 e. The van der Waals surface area contributed by atoms with Crippen LogP contribution < -0.4 is 10.2 Å². The van der Waals surface area contributed by atoms with Crippen molar-refractivity contribution in [1.29, 1.82) is 0 Å². The number of nitrogens with one attached hydrogen (secondary N) is 1. The van der Waals surface area contributed by atoms with Crippen LogP contribution in [-0.2, 0) is 16.1 Å². The average molecular weight is 379 g/mol. The Morgan fingerprint density at radius 2 is 1.64 bits per heavy atom. The molecule has 1 saturated heterocycles. The molecule has 146 valence electrons. The van der Waals surface area contributed by atoms with E-state index in [0.29, 0.717) is 24.9 Å². The monoisotopic (exact) mass is 379 g/mol. The third-order valence-corrected chi connectivity index (χ3v) is 4.86. The number of hydrogen-bond donors (Lipinski definition) is 1. The first-order chi connectivity index (χ1) is 13.5. The van der Waals surface area contributed by atoms with Crippen LogP contribution in [0.1, 0.15) is 35.2 Å². The minimum atomic E-state index is -0.132.